The Hall–Kier alpha value is -1.51. The summed E-state index contributed by atoms with van der Waals surface area (Å²) in [6, 6.07) is 8.26. The molecule has 1 aliphatic heterocycles. The van der Waals surface area contributed by atoms with E-state index in [9.17, 15) is 4.79 Å². The largest absolute Gasteiger partial charge is 0.497 e. The maximum atomic E-state index is 12.8. The zero-order valence-electron chi connectivity index (χ0n) is 14.2. The van der Waals surface area contributed by atoms with Crippen LogP contribution in [0.3, 0.4) is 0 Å². The Morgan fingerprint density at radius 3 is 2.55 bits per heavy atom. The van der Waals surface area contributed by atoms with Crippen LogP contribution in [-0.4, -0.2) is 30.5 Å². The van der Waals surface area contributed by atoms with Gasteiger partial charge in [0.1, 0.15) is 5.75 Å². The van der Waals surface area contributed by atoms with Gasteiger partial charge in [-0.1, -0.05) is 32.9 Å². The standard InChI is InChI=1S/C19H27NO2/c1-18(2)10-15-11-19(3,12-18)13-20(15)17(21)9-14-5-7-16(22-4)8-6-14/h5-8,15H,9-13H2,1-4H3/t15-,19-/m1/s1. The van der Waals surface area contributed by atoms with Crippen molar-refractivity contribution >= 4 is 5.91 Å². The van der Waals surface area contributed by atoms with Gasteiger partial charge in [-0.3, -0.25) is 4.79 Å². The summed E-state index contributed by atoms with van der Waals surface area (Å²) in [4.78, 5) is 14.9. The van der Waals surface area contributed by atoms with Crippen LogP contribution < -0.4 is 4.74 Å². The number of hydrogen-bond donors (Lipinski definition) is 0. The van der Waals surface area contributed by atoms with E-state index in [0.29, 0.717) is 23.3 Å². The first-order valence-corrected chi connectivity index (χ1v) is 8.23. The number of likely N-dealkylation sites (tertiary alicyclic amines) is 1. The number of methoxy groups -OCH3 is 1. The minimum absolute atomic E-state index is 0.275. The zero-order chi connectivity index (χ0) is 16.0. The number of carbonyl (C=O) groups excluding carboxylic acids is 1. The molecule has 3 nitrogen and oxygen atoms in total. The van der Waals surface area contributed by atoms with Crippen molar-refractivity contribution in [1.29, 1.82) is 0 Å². The van der Waals surface area contributed by atoms with E-state index in [1.807, 2.05) is 24.3 Å². The maximum Gasteiger partial charge on any atom is 0.227 e. The van der Waals surface area contributed by atoms with Crippen LogP contribution in [-0.2, 0) is 11.2 Å². The topological polar surface area (TPSA) is 29.5 Å². The molecule has 3 heteroatoms. The Bertz CT molecular complexity index is 563. The van der Waals surface area contributed by atoms with Gasteiger partial charge >= 0.3 is 0 Å². The average molecular weight is 301 g/mol. The number of carbonyl (C=O) groups is 1. The third-order valence-corrected chi connectivity index (χ3v) is 5.25. The van der Waals surface area contributed by atoms with Gasteiger partial charge in [0.15, 0.2) is 0 Å². The van der Waals surface area contributed by atoms with Gasteiger partial charge in [0.2, 0.25) is 5.91 Å². The molecular weight excluding hydrogens is 274 g/mol. The molecule has 1 amide bonds. The van der Waals surface area contributed by atoms with Crippen molar-refractivity contribution < 1.29 is 9.53 Å². The first kappa shape index (κ1) is 15.4. The van der Waals surface area contributed by atoms with Crippen LogP contribution in [0.4, 0.5) is 0 Å². The van der Waals surface area contributed by atoms with Crippen LogP contribution in [0, 0.1) is 10.8 Å². The van der Waals surface area contributed by atoms with E-state index in [1.54, 1.807) is 7.11 Å². The van der Waals surface area contributed by atoms with E-state index in [4.69, 9.17) is 4.74 Å². The second-order valence-corrected chi connectivity index (χ2v) is 8.26. The molecule has 1 saturated heterocycles. The molecule has 0 spiro atoms. The summed E-state index contributed by atoms with van der Waals surface area (Å²) in [6.07, 6.45) is 4.03. The molecule has 0 aromatic heterocycles. The molecule has 3 rings (SSSR count). The molecule has 0 N–H and O–H groups in total. The van der Waals surface area contributed by atoms with Crippen LogP contribution >= 0.6 is 0 Å². The molecule has 0 unspecified atom stereocenters. The lowest BCUT2D eigenvalue weighted by atomic mass is 9.65. The monoisotopic (exact) mass is 301 g/mol. The average Bonchev–Trinajstić information content (AvgIpc) is 2.69. The molecule has 2 aliphatic rings. The van der Waals surface area contributed by atoms with Crippen LogP contribution in [0.2, 0.25) is 0 Å². The van der Waals surface area contributed by atoms with E-state index in [0.717, 1.165) is 24.3 Å². The van der Waals surface area contributed by atoms with Crippen LogP contribution in [0.5, 0.6) is 5.75 Å². The fraction of sp³-hybridized carbons (Fsp3) is 0.632. The Kier molecular flexibility index (Phi) is 3.70. The highest BCUT2D eigenvalue weighted by Crippen LogP contribution is 2.52. The Balaban J connectivity index is 1.70. The molecule has 1 saturated carbocycles. The number of ether oxygens (including phenoxy) is 1. The van der Waals surface area contributed by atoms with E-state index in [2.05, 4.69) is 25.7 Å². The smallest absolute Gasteiger partial charge is 0.227 e. The molecule has 0 radical (unpaired) electrons. The fourth-order valence-corrected chi connectivity index (χ4v) is 4.77. The molecule has 2 fully saturated rings. The van der Waals surface area contributed by atoms with Gasteiger partial charge in [0, 0.05) is 12.6 Å². The van der Waals surface area contributed by atoms with E-state index in [-0.39, 0.29) is 5.91 Å². The van der Waals surface area contributed by atoms with E-state index in [1.165, 1.54) is 12.8 Å². The number of nitrogens with zero attached hydrogens (tertiary/aromatic N) is 1. The second-order valence-electron chi connectivity index (χ2n) is 8.26. The molecule has 2 bridgehead atoms. The van der Waals surface area contributed by atoms with Gasteiger partial charge in [0.05, 0.1) is 13.5 Å². The summed E-state index contributed by atoms with van der Waals surface area (Å²) >= 11 is 0. The van der Waals surface area contributed by atoms with Gasteiger partial charge in [-0.15, -0.1) is 0 Å². The van der Waals surface area contributed by atoms with Gasteiger partial charge in [-0.2, -0.15) is 0 Å². The predicted octanol–water partition coefficient (Wildman–Crippen LogP) is 3.66. The Morgan fingerprint density at radius 2 is 1.91 bits per heavy atom. The van der Waals surface area contributed by atoms with Crippen molar-refractivity contribution in [2.75, 3.05) is 13.7 Å². The molecule has 1 aliphatic carbocycles. The number of fused-ring (bicyclic) bond motifs is 2. The van der Waals surface area contributed by atoms with Gasteiger partial charge in [-0.25, -0.2) is 0 Å². The van der Waals surface area contributed by atoms with Crippen molar-refractivity contribution in [3.05, 3.63) is 29.8 Å². The van der Waals surface area contributed by atoms with Gasteiger partial charge in [0.25, 0.3) is 0 Å². The zero-order valence-corrected chi connectivity index (χ0v) is 14.2. The molecule has 2 atom stereocenters. The molecule has 1 aromatic rings. The lowest BCUT2D eigenvalue weighted by molar-refractivity contribution is -0.131. The first-order chi connectivity index (χ1) is 10.3. The highest BCUT2D eigenvalue weighted by molar-refractivity contribution is 5.79. The van der Waals surface area contributed by atoms with Crippen molar-refractivity contribution in [2.24, 2.45) is 10.8 Å². The lowest BCUT2D eigenvalue weighted by Crippen LogP contribution is -2.38. The normalized spacial score (nSPS) is 29.5. The van der Waals surface area contributed by atoms with Crippen LogP contribution in [0.15, 0.2) is 24.3 Å². The molecule has 1 heterocycles. The maximum absolute atomic E-state index is 12.8. The van der Waals surface area contributed by atoms with E-state index < -0.39 is 0 Å². The second kappa shape index (κ2) is 5.29. The molecule has 22 heavy (non-hydrogen) atoms. The number of amides is 1. The summed E-state index contributed by atoms with van der Waals surface area (Å²) in [6.45, 7) is 7.96. The summed E-state index contributed by atoms with van der Waals surface area (Å²) in [5, 5.41) is 0. The summed E-state index contributed by atoms with van der Waals surface area (Å²) in [7, 11) is 1.66. The van der Waals surface area contributed by atoms with Crippen molar-refractivity contribution in [2.45, 2.75) is 52.5 Å². The predicted molar refractivity (Wildman–Crippen MR) is 87.9 cm³/mol. The Labute approximate surface area is 133 Å². The Morgan fingerprint density at radius 1 is 1.23 bits per heavy atom. The summed E-state index contributed by atoms with van der Waals surface area (Å²) in [5.41, 5.74) is 1.73. The molecule has 120 valence electrons. The minimum Gasteiger partial charge on any atom is -0.497 e. The molecular formula is C19H27NO2. The number of rotatable bonds is 3. The van der Waals surface area contributed by atoms with Gasteiger partial charge < -0.3 is 9.64 Å². The highest BCUT2D eigenvalue weighted by Gasteiger charge is 2.50. The van der Waals surface area contributed by atoms with Crippen molar-refractivity contribution in [3.63, 3.8) is 0 Å². The first-order valence-electron chi connectivity index (χ1n) is 8.23. The summed E-state index contributed by atoms with van der Waals surface area (Å²) in [5.74, 6) is 1.11. The third-order valence-electron chi connectivity index (χ3n) is 5.25. The summed E-state index contributed by atoms with van der Waals surface area (Å²) < 4.78 is 5.17. The number of benzene rings is 1. The van der Waals surface area contributed by atoms with Gasteiger partial charge in [-0.05, 0) is 47.8 Å². The van der Waals surface area contributed by atoms with Crippen molar-refractivity contribution in [3.8, 4) is 5.75 Å². The quantitative estimate of drug-likeness (QED) is 0.852. The SMILES string of the molecule is COc1ccc(CC(=O)N2C[C@]3(C)C[C@H]2CC(C)(C)C3)cc1. The third kappa shape index (κ3) is 2.99. The lowest BCUT2D eigenvalue weighted by Gasteiger charge is -2.39. The van der Waals surface area contributed by atoms with Crippen LogP contribution in [0.25, 0.3) is 0 Å². The van der Waals surface area contributed by atoms with E-state index >= 15 is 0 Å². The van der Waals surface area contributed by atoms with Crippen LogP contribution in [0.1, 0.15) is 45.6 Å². The fourth-order valence-electron chi connectivity index (χ4n) is 4.77. The molecule has 1 aromatic carbocycles. The van der Waals surface area contributed by atoms with Crippen molar-refractivity contribution in [1.82, 2.24) is 4.90 Å². The number of hydrogen-bond acceptors (Lipinski definition) is 2. The highest BCUT2D eigenvalue weighted by atomic mass is 16.5. The minimum atomic E-state index is 0.275.